The summed E-state index contributed by atoms with van der Waals surface area (Å²) < 4.78 is 11.1. The van der Waals surface area contributed by atoms with E-state index in [0.29, 0.717) is 22.2 Å². The number of carboxylic acid groups (broad SMARTS) is 1. The number of hydrogen-bond acceptors (Lipinski definition) is 6. The van der Waals surface area contributed by atoms with Gasteiger partial charge in [0, 0.05) is 23.1 Å². The molecule has 138 valence electrons. The van der Waals surface area contributed by atoms with Crippen LogP contribution in [0.3, 0.4) is 0 Å². The number of carboxylic acids is 1. The highest BCUT2D eigenvalue weighted by atomic mass is 35.5. The Morgan fingerprint density at radius 1 is 1.22 bits per heavy atom. The molecule has 0 saturated heterocycles. The van der Waals surface area contributed by atoms with Gasteiger partial charge in [-0.15, -0.1) is 10.2 Å². The van der Waals surface area contributed by atoms with E-state index in [1.807, 2.05) is 24.3 Å². The number of aromatic nitrogens is 2. The van der Waals surface area contributed by atoms with Gasteiger partial charge in [0.05, 0.1) is 0 Å². The fraction of sp³-hybridized carbons (Fsp3) is 0.105. The van der Waals surface area contributed by atoms with Gasteiger partial charge in [0.15, 0.2) is 0 Å². The lowest BCUT2D eigenvalue weighted by atomic mass is 10.2. The lowest BCUT2D eigenvalue weighted by Gasteiger charge is -2.11. The molecule has 8 heteroatoms. The Bertz CT molecular complexity index is 987. The van der Waals surface area contributed by atoms with Crippen molar-refractivity contribution in [3.8, 4) is 5.75 Å². The molecular formula is C19H15ClN2O4S. The highest BCUT2D eigenvalue weighted by molar-refractivity contribution is 8.03. The van der Waals surface area contributed by atoms with Crippen LogP contribution < -0.4 is 4.74 Å². The average Bonchev–Trinajstić information content (AvgIpc) is 3.06. The van der Waals surface area contributed by atoms with E-state index in [2.05, 4.69) is 10.2 Å². The fourth-order valence-corrected chi connectivity index (χ4v) is 3.09. The van der Waals surface area contributed by atoms with E-state index >= 15 is 0 Å². The number of ether oxygens (including phenoxy) is 1. The summed E-state index contributed by atoms with van der Waals surface area (Å²) in [4.78, 5) is 11.6. The van der Waals surface area contributed by atoms with E-state index in [1.54, 1.807) is 31.2 Å². The average molecular weight is 403 g/mol. The van der Waals surface area contributed by atoms with E-state index in [1.165, 1.54) is 6.08 Å². The quantitative estimate of drug-likeness (QED) is 0.447. The Morgan fingerprint density at radius 3 is 2.67 bits per heavy atom. The number of halogens is 1. The van der Waals surface area contributed by atoms with Crippen molar-refractivity contribution in [2.24, 2.45) is 0 Å². The number of carbonyl (C=O) groups is 1. The maximum atomic E-state index is 11.6. The highest BCUT2D eigenvalue weighted by Gasteiger charge is 2.15. The van der Waals surface area contributed by atoms with Crippen molar-refractivity contribution >= 4 is 35.4 Å². The predicted octanol–water partition coefficient (Wildman–Crippen LogP) is 4.83. The van der Waals surface area contributed by atoms with Gasteiger partial charge in [0.1, 0.15) is 17.3 Å². The van der Waals surface area contributed by atoms with E-state index in [4.69, 9.17) is 20.8 Å². The number of para-hydroxylation sites is 1. The largest absolute Gasteiger partial charge is 0.488 e. The zero-order chi connectivity index (χ0) is 19.2. The molecule has 27 heavy (non-hydrogen) atoms. The monoisotopic (exact) mass is 402 g/mol. The third-order valence-electron chi connectivity index (χ3n) is 3.46. The first kappa shape index (κ1) is 19.0. The van der Waals surface area contributed by atoms with E-state index in [0.717, 1.165) is 17.3 Å². The van der Waals surface area contributed by atoms with Crippen LogP contribution in [0.15, 0.2) is 63.1 Å². The Balaban J connectivity index is 1.83. The summed E-state index contributed by atoms with van der Waals surface area (Å²) in [7, 11) is 0. The normalized spacial score (nSPS) is 11.4. The number of benzene rings is 2. The summed E-state index contributed by atoms with van der Waals surface area (Å²) in [6.45, 7) is 1.90. The van der Waals surface area contributed by atoms with Gasteiger partial charge in [-0.25, -0.2) is 4.79 Å². The zero-order valence-corrected chi connectivity index (χ0v) is 15.8. The van der Waals surface area contributed by atoms with Crippen molar-refractivity contribution in [2.45, 2.75) is 18.8 Å². The molecule has 0 radical (unpaired) electrons. The second kappa shape index (κ2) is 8.75. The fourth-order valence-electron chi connectivity index (χ4n) is 2.19. The first-order chi connectivity index (χ1) is 13.0. The van der Waals surface area contributed by atoms with Crippen molar-refractivity contribution in [1.29, 1.82) is 0 Å². The summed E-state index contributed by atoms with van der Waals surface area (Å²) in [6.07, 6.45) is 1.51. The summed E-state index contributed by atoms with van der Waals surface area (Å²) in [5.41, 5.74) is 1.46. The Hall–Kier alpha value is -2.77. The van der Waals surface area contributed by atoms with Crippen LogP contribution in [-0.4, -0.2) is 21.3 Å². The van der Waals surface area contributed by atoms with Crippen molar-refractivity contribution in [3.05, 3.63) is 75.5 Å². The van der Waals surface area contributed by atoms with Crippen molar-refractivity contribution < 1.29 is 19.1 Å². The van der Waals surface area contributed by atoms with Crippen molar-refractivity contribution in [2.75, 3.05) is 0 Å². The lowest BCUT2D eigenvalue weighted by molar-refractivity contribution is -0.131. The SMILES string of the molecule is Cc1nnc(S/C(=C\c2ccccc2OCc2ccccc2Cl)C(=O)O)o1. The van der Waals surface area contributed by atoms with Crippen LogP contribution in [0.2, 0.25) is 5.02 Å². The molecule has 3 aromatic rings. The Labute approximate surface area is 164 Å². The molecule has 1 N–H and O–H groups in total. The number of aliphatic carboxylic acids is 1. The van der Waals surface area contributed by atoms with Crippen LogP contribution in [0, 0.1) is 6.92 Å². The second-order valence-electron chi connectivity index (χ2n) is 5.42. The van der Waals surface area contributed by atoms with Gasteiger partial charge in [-0.1, -0.05) is 48.0 Å². The number of nitrogens with zero attached hydrogens (tertiary/aromatic N) is 2. The van der Waals surface area contributed by atoms with E-state index in [-0.39, 0.29) is 16.7 Å². The van der Waals surface area contributed by atoms with E-state index < -0.39 is 5.97 Å². The molecule has 2 aromatic carbocycles. The number of hydrogen-bond donors (Lipinski definition) is 1. The highest BCUT2D eigenvalue weighted by Crippen LogP contribution is 2.30. The predicted molar refractivity (Wildman–Crippen MR) is 103 cm³/mol. The number of rotatable bonds is 7. The smallest absolute Gasteiger partial charge is 0.342 e. The molecule has 0 atom stereocenters. The van der Waals surface area contributed by atoms with Gasteiger partial charge in [-0.05, 0) is 30.0 Å². The summed E-state index contributed by atoms with van der Waals surface area (Å²) in [6, 6.07) is 14.5. The van der Waals surface area contributed by atoms with Crippen LogP contribution in [0.4, 0.5) is 0 Å². The first-order valence-corrected chi connectivity index (χ1v) is 9.10. The summed E-state index contributed by atoms with van der Waals surface area (Å²) >= 11 is 7.03. The molecule has 0 aliphatic heterocycles. The molecule has 0 amide bonds. The lowest BCUT2D eigenvalue weighted by Crippen LogP contribution is -2.00. The molecule has 3 rings (SSSR count). The molecule has 0 fully saturated rings. The van der Waals surface area contributed by atoms with Crippen LogP contribution in [0.25, 0.3) is 6.08 Å². The maximum absolute atomic E-state index is 11.6. The van der Waals surface area contributed by atoms with Crippen molar-refractivity contribution in [3.63, 3.8) is 0 Å². The molecule has 0 bridgehead atoms. The summed E-state index contributed by atoms with van der Waals surface area (Å²) in [5, 5.41) is 17.8. The topological polar surface area (TPSA) is 85.5 Å². The Kier molecular flexibility index (Phi) is 6.16. The maximum Gasteiger partial charge on any atom is 0.342 e. The third-order valence-corrected chi connectivity index (χ3v) is 4.68. The minimum atomic E-state index is -1.10. The number of aryl methyl sites for hydroxylation is 1. The Morgan fingerprint density at radius 2 is 1.96 bits per heavy atom. The standard InChI is InChI=1S/C19H15ClN2O4S/c1-12-21-22-19(26-12)27-17(18(23)24)10-13-6-3-5-9-16(13)25-11-14-7-2-4-8-15(14)20/h2-10H,11H2,1H3,(H,23,24)/b17-10-. The van der Waals surface area contributed by atoms with Crippen LogP contribution in [-0.2, 0) is 11.4 Å². The molecule has 0 saturated carbocycles. The van der Waals surface area contributed by atoms with Crippen LogP contribution in [0.1, 0.15) is 17.0 Å². The van der Waals surface area contributed by atoms with Gasteiger partial charge >= 0.3 is 5.97 Å². The molecule has 6 nitrogen and oxygen atoms in total. The molecule has 1 aromatic heterocycles. The zero-order valence-electron chi connectivity index (χ0n) is 14.3. The molecule has 0 aliphatic carbocycles. The molecule has 0 spiro atoms. The molecule has 1 heterocycles. The number of thioether (sulfide) groups is 1. The summed E-state index contributed by atoms with van der Waals surface area (Å²) in [5.74, 6) is -0.194. The minimum absolute atomic E-state index is 0.0347. The van der Waals surface area contributed by atoms with E-state index in [9.17, 15) is 9.90 Å². The third kappa shape index (κ3) is 5.12. The molecule has 0 unspecified atom stereocenters. The van der Waals surface area contributed by atoms with Gasteiger partial charge < -0.3 is 14.3 Å². The molecule has 0 aliphatic rings. The van der Waals surface area contributed by atoms with Gasteiger partial charge in [0.2, 0.25) is 5.89 Å². The van der Waals surface area contributed by atoms with Crippen LogP contribution >= 0.6 is 23.4 Å². The van der Waals surface area contributed by atoms with Gasteiger partial charge in [-0.3, -0.25) is 0 Å². The van der Waals surface area contributed by atoms with Gasteiger partial charge in [-0.2, -0.15) is 0 Å². The van der Waals surface area contributed by atoms with Crippen LogP contribution in [0.5, 0.6) is 5.75 Å². The molecular weight excluding hydrogens is 388 g/mol. The van der Waals surface area contributed by atoms with Crippen molar-refractivity contribution in [1.82, 2.24) is 10.2 Å². The first-order valence-electron chi connectivity index (χ1n) is 7.91. The second-order valence-corrected chi connectivity index (χ2v) is 6.82. The minimum Gasteiger partial charge on any atom is -0.488 e. The van der Waals surface area contributed by atoms with Gasteiger partial charge in [0.25, 0.3) is 5.22 Å².